The van der Waals surface area contributed by atoms with Crippen molar-refractivity contribution in [2.75, 3.05) is 0 Å². The van der Waals surface area contributed by atoms with Crippen LogP contribution in [0.2, 0.25) is 0 Å². The number of hydrogen-bond donors (Lipinski definition) is 0. The van der Waals surface area contributed by atoms with Crippen molar-refractivity contribution in [2.45, 2.75) is 65.2 Å². The predicted octanol–water partition coefficient (Wildman–Crippen LogP) is 4.36. The second-order valence-corrected chi connectivity index (χ2v) is 5.62. The molecule has 0 aromatic carbocycles. The van der Waals surface area contributed by atoms with Crippen LogP contribution in [-0.4, -0.2) is 10.8 Å². The predicted molar refractivity (Wildman–Crippen MR) is 78.5 cm³/mol. The smallest absolute Gasteiger partial charge is 0.167 e. The van der Waals surface area contributed by atoms with E-state index in [9.17, 15) is 4.79 Å². The molecule has 104 valence electrons. The molecule has 0 amide bonds. The summed E-state index contributed by atoms with van der Waals surface area (Å²) in [6, 6.07) is 4.07. The first-order valence-electron chi connectivity index (χ1n) is 7.79. The molecular formula is C17H25NO. The number of nitrogens with zero attached hydrogens (tertiary/aromatic N) is 1. The van der Waals surface area contributed by atoms with Crippen molar-refractivity contribution in [3.05, 3.63) is 29.1 Å². The van der Waals surface area contributed by atoms with Gasteiger partial charge in [0.15, 0.2) is 5.78 Å². The first kappa shape index (κ1) is 14.2. The maximum Gasteiger partial charge on any atom is 0.167 e. The van der Waals surface area contributed by atoms with E-state index < -0.39 is 0 Å². The number of hydrogen-bond acceptors (Lipinski definition) is 2. The van der Waals surface area contributed by atoms with Crippen molar-refractivity contribution in [2.24, 2.45) is 5.92 Å². The SMILES string of the molecule is CCCCCCc1ccc2c(n1)CCC(CC)C2=O. The van der Waals surface area contributed by atoms with Crippen molar-refractivity contribution in [3.63, 3.8) is 0 Å². The van der Waals surface area contributed by atoms with Gasteiger partial charge in [-0.05, 0) is 44.2 Å². The normalized spacial score (nSPS) is 18.4. The molecule has 19 heavy (non-hydrogen) atoms. The average Bonchev–Trinajstić information content (AvgIpc) is 2.44. The van der Waals surface area contributed by atoms with Crippen LogP contribution >= 0.6 is 0 Å². The monoisotopic (exact) mass is 259 g/mol. The van der Waals surface area contributed by atoms with Gasteiger partial charge >= 0.3 is 0 Å². The van der Waals surface area contributed by atoms with Gasteiger partial charge in [0, 0.05) is 17.2 Å². The third-order valence-electron chi connectivity index (χ3n) is 4.18. The number of rotatable bonds is 6. The van der Waals surface area contributed by atoms with Gasteiger partial charge in [-0.1, -0.05) is 33.1 Å². The van der Waals surface area contributed by atoms with Crippen molar-refractivity contribution in [1.82, 2.24) is 4.98 Å². The van der Waals surface area contributed by atoms with Gasteiger partial charge in [0.2, 0.25) is 0 Å². The molecule has 0 aliphatic heterocycles. The molecule has 2 rings (SSSR count). The molecule has 1 aliphatic rings. The lowest BCUT2D eigenvalue weighted by Crippen LogP contribution is -2.23. The van der Waals surface area contributed by atoms with E-state index in [1.54, 1.807) is 0 Å². The van der Waals surface area contributed by atoms with Crippen LogP contribution in [0.5, 0.6) is 0 Å². The van der Waals surface area contributed by atoms with E-state index in [1.165, 1.54) is 25.7 Å². The van der Waals surface area contributed by atoms with Crippen molar-refractivity contribution >= 4 is 5.78 Å². The number of pyridine rings is 1. The lowest BCUT2D eigenvalue weighted by molar-refractivity contribution is 0.0897. The number of ketones is 1. The lowest BCUT2D eigenvalue weighted by atomic mass is 9.83. The zero-order valence-corrected chi connectivity index (χ0v) is 12.2. The minimum absolute atomic E-state index is 0.227. The molecule has 1 atom stereocenters. The van der Waals surface area contributed by atoms with Gasteiger partial charge in [-0.2, -0.15) is 0 Å². The Kier molecular flexibility index (Phi) is 5.12. The van der Waals surface area contributed by atoms with Crippen molar-refractivity contribution < 1.29 is 4.79 Å². The molecule has 0 saturated carbocycles. The van der Waals surface area contributed by atoms with Gasteiger partial charge < -0.3 is 0 Å². The van der Waals surface area contributed by atoms with E-state index in [4.69, 9.17) is 4.98 Å². The summed E-state index contributed by atoms with van der Waals surface area (Å²) in [6.07, 6.45) is 9.04. The van der Waals surface area contributed by atoms with Gasteiger partial charge in [0.05, 0.1) is 5.69 Å². The van der Waals surface area contributed by atoms with Crippen LogP contribution in [0.3, 0.4) is 0 Å². The minimum Gasteiger partial charge on any atom is -0.294 e. The molecule has 0 N–H and O–H groups in total. The number of unbranched alkanes of at least 4 members (excludes halogenated alkanes) is 3. The van der Waals surface area contributed by atoms with Crippen LogP contribution in [0, 0.1) is 5.92 Å². The fourth-order valence-electron chi connectivity index (χ4n) is 2.89. The van der Waals surface area contributed by atoms with Crippen LogP contribution in [0.15, 0.2) is 12.1 Å². The van der Waals surface area contributed by atoms with Crippen LogP contribution in [0.25, 0.3) is 0 Å². The molecule has 1 aromatic rings. The Morgan fingerprint density at radius 1 is 1.21 bits per heavy atom. The molecule has 1 aliphatic carbocycles. The lowest BCUT2D eigenvalue weighted by Gasteiger charge is -2.21. The van der Waals surface area contributed by atoms with Crippen molar-refractivity contribution in [3.8, 4) is 0 Å². The van der Waals surface area contributed by atoms with E-state index in [1.807, 2.05) is 6.07 Å². The molecule has 2 heteroatoms. The highest BCUT2D eigenvalue weighted by Gasteiger charge is 2.26. The van der Waals surface area contributed by atoms with E-state index in [-0.39, 0.29) is 5.92 Å². The quantitative estimate of drug-likeness (QED) is 0.710. The van der Waals surface area contributed by atoms with Crippen molar-refractivity contribution in [1.29, 1.82) is 0 Å². The number of aromatic nitrogens is 1. The maximum atomic E-state index is 12.2. The Labute approximate surface area is 116 Å². The van der Waals surface area contributed by atoms with E-state index in [0.29, 0.717) is 5.78 Å². The Hall–Kier alpha value is -1.18. The third-order valence-corrected chi connectivity index (χ3v) is 4.18. The number of carbonyl (C=O) groups is 1. The highest BCUT2D eigenvalue weighted by molar-refractivity contribution is 5.99. The highest BCUT2D eigenvalue weighted by atomic mass is 16.1. The van der Waals surface area contributed by atoms with Crippen LogP contribution in [-0.2, 0) is 12.8 Å². The van der Waals surface area contributed by atoms with E-state index in [0.717, 1.165) is 42.6 Å². The Morgan fingerprint density at radius 3 is 2.79 bits per heavy atom. The van der Waals surface area contributed by atoms with Gasteiger partial charge in [0.1, 0.15) is 0 Å². The minimum atomic E-state index is 0.227. The second-order valence-electron chi connectivity index (χ2n) is 5.62. The Bertz CT molecular complexity index is 439. The first-order chi connectivity index (χ1) is 9.26. The molecular weight excluding hydrogens is 234 g/mol. The molecule has 1 heterocycles. The summed E-state index contributed by atoms with van der Waals surface area (Å²) >= 11 is 0. The molecule has 0 spiro atoms. The van der Waals surface area contributed by atoms with Gasteiger partial charge in [-0.15, -0.1) is 0 Å². The standard InChI is InChI=1S/C17H25NO/c1-3-5-6-7-8-14-10-11-15-16(18-14)12-9-13(4-2)17(15)19/h10-11,13H,3-9,12H2,1-2H3. The van der Waals surface area contributed by atoms with E-state index >= 15 is 0 Å². The summed E-state index contributed by atoms with van der Waals surface area (Å²) < 4.78 is 0. The van der Waals surface area contributed by atoms with E-state index in [2.05, 4.69) is 19.9 Å². The van der Waals surface area contributed by atoms with Gasteiger partial charge in [0.25, 0.3) is 0 Å². The summed E-state index contributed by atoms with van der Waals surface area (Å²) in [5.41, 5.74) is 3.09. The molecule has 2 nitrogen and oxygen atoms in total. The fraction of sp³-hybridized carbons (Fsp3) is 0.647. The Balaban J connectivity index is 2.02. The zero-order chi connectivity index (χ0) is 13.7. The summed E-state index contributed by atoms with van der Waals surface area (Å²) in [6.45, 7) is 4.33. The number of carbonyl (C=O) groups excluding carboxylic acids is 1. The fourth-order valence-corrected chi connectivity index (χ4v) is 2.89. The summed E-state index contributed by atoms with van der Waals surface area (Å²) in [7, 11) is 0. The summed E-state index contributed by atoms with van der Waals surface area (Å²) in [4.78, 5) is 16.9. The number of fused-ring (bicyclic) bond motifs is 1. The second kappa shape index (κ2) is 6.83. The Morgan fingerprint density at radius 2 is 2.05 bits per heavy atom. The van der Waals surface area contributed by atoms with Crippen LogP contribution in [0.1, 0.15) is 74.1 Å². The number of Topliss-reactive ketones (excluding diaryl/α,β-unsaturated/α-hetero) is 1. The van der Waals surface area contributed by atoms with Gasteiger partial charge in [-0.25, -0.2) is 0 Å². The summed E-state index contributed by atoms with van der Waals surface area (Å²) in [5.74, 6) is 0.540. The first-order valence-corrected chi connectivity index (χ1v) is 7.79. The molecule has 1 unspecified atom stereocenters. The third kappa shape index (κ3) is 3.43. The van der Waals surface area contributed by atoms with Crippen LogP contribution in [0.4, 0.5) is 0 Å². The molecule has 1 aromatic heterocycles. The zero-order valence-electron chi connectivity index (χ0n) is 12.2. The topological polar surface area (TPSA) is 30.0 Å². The van der Waals surface area contributed by atoms with Crippen LogP contribution < -0.4 is 0 Å². The maximum absolute atomic E-state index is 12.2. The van der Waals surface area contributed by atoms with Gasteiger partial charge in [-0.3, -0.25) is 9.78 Å². The molecule has 0 radical (unpaired) electrons. The molecule has 0 fully saturated rings. The molecule has 0 bridgehead atoms. The molecule has 0 saturated heterocycles. The highest BCUT2D eigenvalue weighted by Crippen LogP contribution is 2.26. The average molecular weight is 259 g/mol. The largest absolute Gasteiger partial charge is 0.294 e. The number of aryl methyl sites for hydroxylation is 2. The summed E-state index contributed by atoms with van der Waals surface area (Å²) in [5, 5.41) is 0.